The lowest BCUT2D eigenvalue weighted by Gasteiger charge is -2.36. The number of fused-ring (bicyclic) bond motifs is 4. The molecule has 0 saturated carbocycles. The van der Waals surface area contributed by atoms with Gasteiger partial charge >= 0.3 is 6.03 Å². The van der Waals surface area contributed by atoms with Crippen LogP contribution in [0, 0.1) is 6.92 Å². The van der Waals surface area contributed by atoms with Crippen molar-refractivity contribution >= 4 is 34.4 Å². The number of carbonyl (C=O) groups is 3. The zero-order valence-corrected chi connectivity index (χ0v) is 21.5. The highest BCUT2D eigenvalue weighted by Crippen LogP contribution is 2.45. The molecular formula is C31H30N4O3. The van der Waals surface area contributed by atoms with Crippen molar-refractivity contribution in [1.29, 1.82) is 0 Å². The second-order valence-corrected chi connectivity index (χ2v) is 10.0. The summed E-state index contributed by atoms with van der Waals surface area (Å²) in [5.41, 5.74) is 5.64. The number of unbranched alkanes of at least 4 members (excludes halogenated alkanes) is 1. The van der Waals surface area contributed by atoms with Crippen LogP contribution in [-0.2, 0) is 11.2 Å². The molecule has 3 heterocycles. The zero-order chi connectivity index (χ0) is 26.4. The third kappa shape index (κ3) is 3.69. The highest BCUT2D eigenvalue weighted by molar-refractivity contribution is 6.24. The van der Waals surface area contributed by atoms with Crippen molar-refractivity contribution in [2.75, 3.05) is 11.4 Å². The monoisotopic (exact) mass is 506 g/mol. The van der Waals surface area contributed by atoms with E-state index >= 15 is 0 Å². The molecule has 0 spiro atoms. The van der Waals surface area contributed by atoms with E-state index in [1.165, 1.54) is 4.90 Å². The van der Waals surface area contributed by atoms with E-state index in [4.69, 9.17) is 0 Å². The number of H-pyrrole nitrogens is 1. The number of aromatic amines is 1. The van der Waals surface area contributed by atoms with Crippen LogP contribution in [0.3, 0.4) is 0 Å². The van der Waals surface area contributed by atoms with Gasteiger partial charge in [0.1, 0.15) is 12.1 Å². The Morgan fingerprint density at radius 2 is 1.74 bits per heavy atom. The van der Waals surface area contributed by atoms with Crippen LogP contribution < -0.4 is 10.2 Å². The number of carbonyl (C=O) groups excluding carboxylic acids is 3. The maximum Gasteiger partial charge on any atom is 0.332 e. The summed E-state index contributed by atoms with van der Waals surface area (Å²) < 4.78 is 0. The first kappa shape index (κ1) is 24.0. The smallest absolute Gasteiger partial charge is 0.332 e. The molecule has 1 aromatic heterocycles. The predicted molar refractivity (Wildman–Crippen MR) is 147 cm³/mol. The van der Waals surface area contributed by atoms with Gasteiger partial charge < -0.3 is 10.3 Å². The summed E-state index contributed by atoms with van der Waals surface area (Å²) in [6.45, 7) is 4.62. The normalized spacial score (nSPS) is 18.6. The van der Waals surface area contributed by atoms with Crippen molar-refractivity contribution in [2.24, 2.45) is 0 Å². The van der Waals surface area contributed by atoms with Gasteiger partial charge in [-0.15, -0.1) is 0 Å². The summed E-state index contributed by atoms with van der Waals surface area (Å²) in [5.74, 6) is -0.593. The summed E-state index contributed by atoms with van der Waals surface area (Å²) in [6, 6.07) is 21.4. The maximum atomic E-state index is 14.2. The number of benzene rings is 3. The molecule has 3 aromatic carbocycles. The Morgan fingerprint density at radius 3 is 2.55 bits per heavy atom. The molecule has 2 atom stereocenters. The van der Waals surface area contributed by atoms with E-state index < -0.39 is 18.1 Å². The fourth-order valence-electron chi connectivity index (χ4n) is 5.85. The van der Waals surface area contributed by atoms with Crippen LogP contribution >= 0.6 is 0 Å². The molecule has 1 saturated heterocycles. The highest BCUT2D eigenvalue weighted by Gasteiger charge is 2.53. The molecule has 7 heteroatoms. The lowest BCUT2D eigenvalue weighted by molar-refractivity contribution is -0.120. The van der Waals surface area contributed by atoms with Gasteiger partial charge in [-0.2, -0.15) is 0 Å². The number of nitrogens with zero attached hydrogens (tertiary/aromatic N) is 2. The van der Waals surface area contributed by atoms with Crippen molar-refractivity contribution < 1.29 is 14.4 Å². The first-order valence-corrected chi connectivity index (χ1v) is 13.2. The number of hydrogen-bond donors (Lipinski definition) is 2. The third-order valence-electron chi connectivity index (χ3n) is 7.74. The van der Waals surface area contributed by atoms with E-state index in [1.807, 2.05) is 49.4 Å². The molecule has 1 fully saturated rings. The molecule has 2 unspecified atom stereocenters. The number of aromatic nitrogens is 1. The standard InChI is InChI=1S/C31H30N4O3/c1-3-4-17-32-29(36)22-14-8-10-16-25(22)35-30(37)26-18-23-21-13-7-9-15-24(21)33-27(23)28(34(26)31(35)38)20-12-6-5-11-19(20)2/h5-16,26,28,33H,3-4,17-18H2,1-2H3,(H,32,36). The van der Waals surface area contributed by atoms with E-state index in [0.717, 1.165) is 46.1 Å². The third-order valence-corrected chi connectivity index (χ3v) is 7.74. The number of rotatable bonds is 6. The molecular weight excluding hydrogens is 476 g/mol. The Hall–Kier alpha value is -4.39. The van der Waals surface area contributed by atoms with Crippen LogP contribution in [-0.4, -0.2) is 40.3 Å². The Kier molecular flexibility index (Phi) is 5.98. The summed E-state index contributed by atoms with van der Waals surface area (Å²) >= 11 is 0. The second-order valence-electron chi connectivity index (χ2n) is 10.0. The first-order chi connectivity index (χ1) is 18.5. The van der Waals surface area contributed by atoms with Gasteiger partial charge in [0, 0.05) is 29.6 Å². The molecule has 4 aromatic rings. The number of imide groups is 1. The van der Waals surface area contributed by atoms with Gasteiger partial charge in [0.2, 0.25) is 0 Å². The van der Waals surface area contributed by atoms with Crippen LogP contribution in [0.15, 0.2) is 72.8 Å². The van der Waals surface area contributed by atoms with Crippen molar-refractivity contribution in [3.8, 4) is 0 Å². The zero-order valence-electron chi connectivity index (χ0n) is 21.5. The van der Waals surface area contributed by atoms with Crippen molar-refractivity contribution in [3.05, 3.63) is 101 Å². The van der Waals surface area contributed by atoms with Gasteiger partial charge in [-0.1, -0.05) is 67.9 Å². The summed E-state index contributed by atoms with van der Waals surface area (Å²) in [7, 11) is 0. The Bertz CT molecular complexity index is 1570. The molecule has 2 N–H and O–H groups in total. The van der Waals surface area contributed by atoms with E-state index in [1.54, 1.807) is 29.2 Å². The van der Waals surface area contributed by atoms with Crippen LogP contribution in [0.2, 0.25) is 0 Å². The fourth-order valence-corrected chi connectivity index (χ4v) is 5.85. The van der Waals surface area contributed by atoms with Gasteiger partial charge in [-0.25, -0.2) is 9.69 Å². The predicted octanol–water partition coefficient (Wildman–Crippen LogP) is 5.49. The summed E-state index contributed by atoms with van der Waals surface area (Å²) in [4.78, 5) is 47.8. The van der Waals surface area contributed by atoms with Gasteiger partial charge in [0.15, 0.2) is 0 Å². The minimum Gasteiger partial charge on any atom is -0.356 e. The average Bonchev–Trinajstić information content (AvgIpc) is 3.42. The fraction of sp³-hybridized carbons (Fsp3) is 0.258. The second kappa shape index (κ2) is 9.49. The van der Waals surface area contributed by atoms with Crippen LogP contribution in [0.5, 0.6) is 0 Å². The average molecular weight is 507 g/mol. The van der Waals surface area contributed by atoms with E-state index in [0.29, 0.717) is 24.2 Å². The molecule has 2 aliphatic heterocycles. The molecule has 6 rings (SSSR count). The molecule has 0 bridgehead atoms. The molecule has 0 radical (unpaired) electrons. The molecule has 0 aliphatic carbocycles. The van der Waals surface area contributed by atoms with Crippen LogP contribution in [0.1, 0.15) is 58.5 Å². The molecule has 2 aliphatic rings. The number of hydrogen-bond acceptors (Lipinski definition) is 3. The molecule has 192 valence electrons. The van der Waals surface area contributed by atoms with Crippen molar-refractivity contribution in [3.63, 3.8) is 0 Å². The van der Waals surface area contributed by atoms with E-state index in [9.17, 15) is 14.4 Å². The maximum absolute atomic E-state index is 14.2. The topological polar surface area (TPSA) is 85.5 Å². The number of anilines is 1. The minimum absolute atomic E-state index is 0.286. The Morgan fingerprint density at radius 1 is 1.00 bits per heavy atom. The number of para-hydroxylation sites is 2. The molecule has 7 nitrogen and oxygen atoms in total. The van der Waals surface area contributed by atoms with Gasteiger partial charge in [-0.05, 0) is 48.2 Å². The van der Waals surface area contributed by atoms with Gasteiger partial charge in [0.25, 0.3) is 11.8 Å². The first-order valence-electron chi connectivity index (χ1n) is 13.2. The minimum atomic E-state index is -0.671. The van der Waals surface area contributed by atoms with E-state index in [2.05, 4.69) is 23.3 Å². The lowest BCUT2D eigenvalue weighted by atomic mass is 9.87. The SMILES string of the molecule is CCCCNC(=O)c1ccccc1N1C(=O)C2Cc3c([nH]c4ccccc34)C(c3ccccc3C)N2C1=O. The molecule has 4 amide bonds. The Balaban J connectivity index is 1.47. The summed E-state index contributed by atoms with van der Waals surface area (Å²) in [5, 5.41) is 3.99. The van der Waals surface area contributed by atoms with Crippen LogP contribution in [0.25, 0.3) is 10.9 Å². The number of nitrogens with one attached hydrogen (secondary N) is 2. The quantitative estimate of drug-likeness (QED) is 0.268. The largest absolute Gasteiger partial charge is 0.356 e. The Labute approximate surface area is 221 Å². The van der Waals surface area contributed by atoms with Crippen molar-refractivity contribution in [2.45, 2.75) is 45.2 Å². The van der Waals surface area contributed by atoms with Gasteiger partial charge in [0.05, 0.1) is 11.3 Å². The number of urea groups is 1. The van der Waals surface area contributed by atoms with Crippen molar-refractivity contribution in [1.82, 2.24) is 15.2 Å². The number of amides is 4. The van der Waals surface area contributed by atoms with Crippen LogP contribution in [0.4, 0.5) is 10.5 Å². The molecule has 38 heavy (non-hydrogen) atoms. The highest BCUT2D eigenvalue weighted by atomic mass is 16.2. The van der Waals surface area contributed by atoms with E-state index in [-0.39, 0.29) is 11.8 Å². The lowest BCUT2D eigenvalue weighted by Crippen LogP contribution is -2.44. The number of aryl methyl sites for hydroxylation is 1. The summed E-state index contributed by atoms with van der Waals surface area (Å²) in [6.07, 6.45) is 2.22. The van der Waals surface area contributed by atoms with Gasteiger partial charge in [-0.3, -0.25) is 14.5 Å².